The van der Waals surface area contributed by atoms with Gasteiger partial charge in [0.2, 0.25) is 5.75 Å². The Balaban J connectivity index is 1.80. The van der Waals surface area contributed by atoms with E-state index in [0.717, 1.165) is 29.7 Å². The monoisotopic (exact) mass is 463 g/mol. The largest absolute Gasteiger partial charge is 0.493 e. The van der Waals surface area contributed by atoms with Gasteiger partial charge in [0, 0.05) is 10.4 Å². The van der Waals surface area contributed by atoms with Crippen molar-refractivity contribution < 1.29 is 23.8 Å². The van der Waals surface area contributed by atoms with Gasteiger partial charge in [-0.15, -0.1) is 11.3 Å². The van der Waals surface area contributed by atoms with Gasteiger partial charge in [-0.05, 0) is 55.1 Å². The number of hydrogen-bond acceptors (Lipinski definition) is 7. The first-order chi connectivity index (χ1) is 14.8. The van der Waals surface area contributed by atoms with Gasteiger partial charge in [0.15, 0.2) is 16.6 Å². The summed E-state index contributed by atoms with van der Waals surface area (Å²) in [6.07, 6.45) is 2.70. The number of benzene rings is 1. The predicted molar refractivity (Wildman–Crippen MR) is 124 cm³/mol. The Morgan fingerprint density at radius 1 is 1.16 bits per heavy atom. The Kier molecular flexibility index (Phi) is 7.01. The summed E-state index contributed by atoms with van der Waals surface area (Å²) in [5.41, 5.74) is 7.34. The number of carbonyl (C=O) groups is 2. The van der Waals surface area contributed by atoms with Crippen LogP contribution in [0.3, 0.4) is 0 Å². The van der Waals surface area contributed by atoms with Gasteiger partial charge < -0.3 is 25.3 Å². The summed E-state index contributed by atoms with van der Waals surface area (Å²) in [6, 6.07) is 3.05. The van der Waals surface area contributed by atoms with Gasteiger partial charge in [0.1, 0.15) is 5.00 Å². The summed E-state index contributed by atoms with van der Waals surface area (Å²) in [6.45, 7) is 2.18. The van der Waals surface area contributed by atoms with Crippen LogP contribution in [0.1, 0.15) is 44.5 Å². The number of ether oxygens (including phenoxy) is 3. The maximum atomic E-state index is 12.8. The first kappa shape index (κ1) is 22.8. The van der Waals surface area contributed by atoms with Crippen molar-refractivity contribution >= 4 is 45.5 Å². The zero-order chi connectivity index (χ0) is 22.7. The van der Waals surface area contributed by atoms with Crippen molar-refractivity contribution in [3.8, 4) is 17.2 Å². The van der Waals surface area contributed by atoms with E-state index in [1.165, 1.54) is 44.8 Å². The summed E-state index contributed by atoms with van der Waals surface area (Å²) in [5, 5.41) is 6.22. The molecule has 1 unspecified atom stereocenters. The van der Waals surface area contributed by atoms with E-state index in [9.17, 15) is 9.59 Å². The van der Waals surface area contributed by atoms with E-state index < -0.39 is 11.8 Å². The number of carbonyl (C=O) groups excluding carboxylic acids is 2. The lowest BCUT2D eigenvalue weighted by molar-refractivity contribution is 0.0974. The highest BCUT2D eigenvalue weighted by molar-refractivity contribution is 7.80. The molecule has 0 radical (unpaired) electrons. The molecule has 0 spiro atoms. The number of fused-ring (bicyclic) bond motifs is 1. The van der Waals surface area contributed by atoms with Crippen molar-refractivity contribution in [2.75, 3.05) is 26.6 Å². The quantitative estimate of drug-likeness (QED) is 0.564. The van der Waals surface area contributed by atoms with Crippen molar-refractivity contribution in [1.29, 1.82) is 0 Å². The highest BCUT2D eigenvalue weighted by Crippen LogP contribution is 2.40. The molecule has 31 heavy (non-hydrogen) atoms. The molecule has 166 valence electrons. The molecule has 1 heterocycles. The molecule has 0 bridgehead atoms. The minimum atomic E-state index is -0.506. The lowest BCUT2D eigenvalue weighted by atomic mass is 9.88. The Morgan fingerprint density at radius 2 is 1.81 bits per heavy atom. The Bertz CT molecular complexity index is 1010. The second kappa shape index (κ2) is 9.52. The van der Waals surface area contributed by atoms with Crippen LogP contribution in [-0.4, -0.2) is 38.3 Å². The van der Waals surface area contributed by atoms with E-state index in [2.05, 4.69) is 17.6 Å². The highest BCUT2D eigenvalue weighted by atomic mass is 32.1. The Morgan fingerprint density at radius 3 is 2.35 bits per heavy atom. The fraction of sp³-hybridized carbons (Fsp3) is 0.381. The normalized spacial score (nSPS) is 14.9. The molecule has 4 N–H and O–H groups in total. The smallest absolute Gasteiger partial charge is 0.257 e. The lowest BCUT2D eigenvalue weighted by Crippen LogP contribution is -2.34. The average Bonchev–Trinajstić information content (AvgIpc) is 3.08. The zero-order valence-electron chi connectivity index (χ0n) is 17.8. The van der Waals surface area contributed by atoms with E-state index in [4.69, 9.17) is 32.2 Å². The molecule has 8 nitrogen and oxygen atoms in total. The molecular formula is C21H25N3O5S2. The molecule has 0 saturated carbocycles. The van der Waals surface area contributed by atoms with Crippen molar-refractivity contribution in [1.82, 2.24) is 5.32 Å². The number of amides is 2. The third-order valence-electron chi connectivity index (χ3n) is 5.14. The SMILES string of the molecule is COc1cc(C(=O)NC(=S)Nc2sc3c(c2C(N)=O)CCC(C)C3)cc(OC)c1OC. The predicted octanol–water partition coefficient (Wildman–Crippen LogP) is 3.12. The second-order valence-electron chi connectivity index (χ2n) is 7.24. The van der Waals surface area contributed by atoms with Crippen LogP contribution in [0.15, 0.2) is 12.1 Å². The molecule has 0 aliphatic heterocycles. The van der Waals surface area contributed by atoms with Gasteiger partial charge in [-0.25, -0.2) is 0 Å². The van der Waals surface area contributed by atoms with Gasteiger partial charge in [0.25, 0.3) is 11.8 Å². The number of rotatable bonds is 6. The van der Waals surface area contributed by atoms with E-state index in [-0.39, 0.29) is 10.7 Å². The fourth-order valence-corrected chi connectivity index (χ4v) is 5.30. The van der Waals surface area contributed by atoms with Crippen molar-refractivity contribution in [3.05, 3.63) is 33.7 Å². The van der Waals surface area contributed by atoms with Crippen LogP contribution >= 0.6 is 23.6 Å². The van der Waals surface area contributed by atoms with E-state index in [0.29, 0.717) is 33.7 Å². The summed E-state index contributed by atoms with van der Waals surface area (Å²) < 4.78 is 15.8. The topological polar surface area (TPSA) is 112 Å². The van der Waals surface area contributed by atoms with Crippen LogP contribution in [0.5, 0.6) is 17.2 Å². The number of primary amides is 1. The van der Waals surface area contributed by atoms with Gasteiger partial charge in [-0.2, -0.15) is 0 Å². The van der Waals surface area contributed by atoms with Gasteiger partial charge >= 0.3 is 0 Å². The maximum absolute atomic E-state index is 12.8. The maximum Gasteiger partial charge on any atom is 0.257 e. The molecule has 0 fully saturated rings. The van der Waals surface area contributed by atoms with Crippen LogP contribution < -0.4 is 30.6 Å². The number of thiocarbonyl (C=S) groups is 1. The van der Waals surface area contributed by atoms with Crippen LogP contribution in [0, 0.1) is 5.92 Å². The highest BCUT2D eigenvalue weighted by Gasteiger charge is 2.27. The van der Waals surface area contributed by atoms with Crippen LogP contribution in [0.4, 0.5) is 5.00 Å². The minimum Gasteiger partial charge on any atom is -0.493 e. The summed E-state index contributed by atoms with van der Waals surface area (Å²) in [7, 11) is 4.42. The lowest BCUT2D eigenvalue weighted by Gasteiger charge is -2.18. The molecule has 1 atom stereocenters. The summed E-state index contributed by atoms with van der Waals surface area (Å²) >= 11 is 6.77. The third-order valence-corrected chi connectivity index (χ3v) is 6.51. The van der Waals surface area contributed by atoms with Gasteiger partial charge in [0.05, 0.1) is 26.9 Å². The zero-order valence-corrected chi connectivity index (χ0v) is 19.4. The molecular weight excluding hydrogens is 438 g/mol. The van der Waals surface area contributed by atoms with Crippen LogP contribution in [0.2, 0.25) is 0 Å². The number of hydrogen-bond donors (Lipinski definition) is 3. The number of nitrogens with two attached hydrogens (primary N) is 1. The number of methoxy groups -OCH3 is 3. The number of anilines is 1. The third kappa shape index (κ3) is 4.75. The molecule has 1 aromatic carbocycles. The van der Waals surface area contributed by atoms with Gasteiger partial charge in [-0.1, -0.05) is 6.92 Å². The first-order valence-corrected chi connectivity index (χ1v) is 10.9. The number of thiophene rings is 1. The minimum absolute atomic E-state index is 0.0629. The molecule has 1 aliphatic rings. The van der Waals surface area contributed by atoms with E-state index in [1.54, 1.807) is 0 Å². The van der Waals surface area contributed by atoms with Crippen LogP contribution in [0.25, 0.3) is 0 Å². The van der Waals surface area contributed by atoms with E-state index in [1.807, 2.05) is 0 Å². The molecule has 10 heteroatoms. The standard InChI is InChI=1S/C21H25N3O5S2/c1-10-5-6-12-15(7-10)31-20(16(12)18(22)25)24-21(30)23-19(26)11-8-13(27-2)17(29-4)14(9-11)28-3/h8-10H,5-7H2,1-4H3,(H2,22,25)(H2,23,24,26,30). The Hall–Kier alpha value is -2.85. The molecule has 1 aromatic heterocycles. The van der Waals surface area contributed by atoms with Crippen molar-refractivity contribution in [2.45, 2.75) is 26.2 Å². The summed E-state index contributed by atoms with van der Waals surface area (Å²) in [4.78, 5) is 26.0. The molecule has 1 aliphatic carbocycles. The molecule has 2 aromatic rings. The first-order valence-electron chi connectivity index (χ1n) is 9.65. The van der Waals surface area contributed by atoms with E-state index >= 15 is 0 Å². The Labute approximate surface area is 190 Å². The molecule has 2 amide bonds. The molecule has 0 saturated heterocycles. The molecule has 3 rings (SSSR count). The summed E-state index contributed by atoms with van der Waals surface area (Å²) in [5.74, 6) is 0.655. The number of nitrogens with one attached hydrogen (secondary N) is 2. The van der Waals surface area contributed by atoms with Crippen molar-refractivity contribution in [2.24, 2.45) is 11.7 Å². The fourth-order valence-electron chi connectivity index (χ4n) is 3.62. The van der Waals surface area contributed by atoms with Crippen molar-refractivity contribution in [3.63, 3.8) is 0 Å². The van der Waals surface area contributed by atoms with Gasteiger partial charge in [-0.3, -0.25) is 14.9 Å². The van der Waals surface area contributed by atoms with Crippen LogP contribution in [-0.2, 0) is 12.8 Å². The average molecular weight is 464 g/mol. The second-order valence-corrected chi connectivity index (χ2v) is 8.76.